The average molecular weight is 380 g/mol. The molecule has 4 heteroatoms. The Morgan fingerprint density at radius 2 is 1.71 bits per heavy atom. The van der Waals surface area contributed by atoms with E-state index in [1.165, 1.54) is 11.1 Å². The molecule has 1 saturated heterocycles. The lowest BCUT2D eigenvalue weighted by Crippen LogP contribution is -2.43. The molecule has 2 aromatic carbocycles. The summed E-state index contributed by atoms with van der Waals surface area (Å²) in [7, 11) is 2.18. The summed E-state index contributed by atoms with van der Waals surface area (Å²) in [5.41, 5.74) is 3.60. The molecule has 1 heterocycles. The van der Waals surface area contributed by atoms with Crippen molar-refractivity contribution in [3.63, 3.8) is 0 Å². The van der Waals surface area contributed by atoms with Crippen LogP contribution in [0.2, 0.25) is 0 Å². The molecule has 1 fully saturated rings. The van der Waals surface area contributed by atoms with Crippen LogP contribution in [0.1, 0.15) is 42.4 Å². The molecular formula is C24H33N3O. The highest BCUT2D eigenvalue weighted by atomic mass is 16.1. The molecule has 0 saturated carbocycles. The van der Waals surface area contributed by atoms with Gasteiger partial charge in [0, 0.05) is 39.3 Å². The van der Waals surface area contributed by atoms with Crippen LogP contribution in [0.5, 0.6) is 0 Å². The zero-order valence-electron chi connectivity index (χ0n) is 17.2. The van der Waals surface area contributed by atoms with E-state index in [1.807, 2.05) is 18.2 Å². The fourth-order valence-corrected chi connectivity index (χ4v) is 3.84. The molecule has 0 aliphatic carbocycles. The van der Waals surface area contributed by atoms with Crippen molar-refractivity contribution in [1.29, 1.82) is 0 Å². The first-order chi connectivity index (χ1) is 13.7. The van der Waals surface area contributed by atoms with Gasteiger partial charge in [0.25, 0.3) is 0 Å². The number of likely N-dealkylation sites (N-methyl/N-ethyl adjacent to an activating group) is 1. The molecule has 1 aliphatic heterocycles. The van der Waals surface area contributed by atoms with E-state index in [2.05, 4.69) is 65.5 Å². The molecule has 1 N–H and O–H groups in total. The molecule has 4 nitrogen and oxygen atoms in total. The first-order valence-electron chi connectivity index (χ1n) is 10.5. The van der Waals surface area contributed by atoms with E-state index in [9.17, 15) is 4.79 Å². The Morgan fingerprint density at radius 3 is 2.43 bits per heavy atom. The van der Waals surface area contributed by atoms with Crippen molar-refractivity contribution in [1.82, 2.24) is 15.1 Å². The Morgan fingerprint density at radius 1 is 1.00 bits per heavy atom. The van der Waals surface area contributed by atoms with Crippen LogP contribution in [0.15, 0.2) is 54.6 Å². The number of nitrogens with one attached hydrogen (secondary N) is 1. The minimum Gasteiger partial charge on any atom is -0.351 e. The lowest BCUT2D eigenvalue weighted by molar-refractivity contribution is -0.122. The number of rotatable bonds is 8. The summed E-state index contributed by atoms with van der Waals surface area (Å²) >= 11 is 0. The molecule has 150 valence electrons. The summed E-state index contributed by atoms with van der Waals surface area (Å²) in [5.74, 6) is 0.0530. The van der Waals surface area contributed by atoms with Crippen LogP contribution in [-0.4, -0.2) is 48.9 Å². The molecule has 0 aromatic heterocycles. The van der Waals surface area contributed by atoms with Crippen LogP contribution in [-0.2, 0) is 17.9 Å². The highest BCUT2D eigenvalue weighted by molar-refractivity contribution is 5.83. The lowest BCUT2D eigenvalue weighted by atomic mass is 9.93. The van der Waals surface area contributed by atoms with Crippen LogP contribution < -0.4 is 5.32 Å². The average Bonchev–Trinajstić information content (AvgIpc) is 2.73. The van der Waals surface area contributed by atoms with Gasteiger partial charge in [0.2, 0.25) is 5.91 Å². The Balaban J connectivity index is 1.57. The minimum absolute atomic E-state index is 0.0697. The maximum absolute atomic E-state index is 12.8. The number of nitrogens with zero attached hydrogens (tertiary/aromatic N) is 2. The van der Waals surface area contributed by atoms with Gasteiger partial charge in [0.1, 0.15) is 0 Å². The van der Waals surface area contributed by atoms with E-state index in [-0.39, 0.29) is 11.8 Å². The van der Waals surface area contributed by atoms with E-state index in [4.69, 9.17) is 0 Å². The normalized spacial score (nSPS) is 16.6. The van der Waals surface area contributed by atoms with Gasteiger partial charge in [-0.1, -0.05) is 67.9 Å². The summed E-state index contributed by atoms with van der Waals surface area (Å²) in [6, 6.07) is 18.7. The van der Waals surface area contributed by atoms with Crippen molar-refractivity contribution in [3.05, 3.63) is 71.3 Å². The third kappa shape index (κ3) is 5.91. The number of amides is 1. The number of carbonyl (C=O) groups excluding carboxylic acids is 1. The Labute approximate surface area is 169 Å². The monoisotopic (exact) mass is 379 g/mol. The highest BCUT2D eigenvalue weighted by Crippen LogP contribution is 2.21. The Kier molecular flexibility index (Phi) is 7.63. The zero-order chi connectivity index (χ0) is 19.8. The summed E-state index contributed by atoms with van der Waals surface area (Å²) in [5, 5.41) is 3.16. The predicted octanol–water partition coefficient (Wildman–Crippen LogP) is 3.63. The second kappa shape index (κ2) is 10.4. The minimum atomic E-state index is -0.0697. The summed E-state index contributed by atoms with van der Waals surface area (Å²) in [6.07, 6.45) is 1.87. The maximum atomic E-state index is 12.8. The number of carbonyl (C=O) groups is 1. The van der Waals surface area contributed by atoms with E-state index in [1.54, 1.807) is 0 Å². The van der Waals surface area contributed by atoms with Gasteiger partial charge < -0.3 is 10.2 Å². The van der Waals surface area contributed by atoms with Crippen LogP contribution in [0.3, 0.4) is 0 Å². The molecular weight excluding hydrogens is 346 g/mol. The molecule has 1 amide bonds. The van der Waals surface area contributed by atoms with Crippen LogP contribution in [0.4, 0.5) is 0 Å². The standard InChI is InChI=1S/C24H33N3O/c1-3-8-23(22-11-5-4-6-12-22)24(28)25-18-20-9-7-10-21(17-20)19-27-15-13-26(2)14-16-27/h4-7,9-12,17,23H,3,8,13-16,18-19H2,1-2H3,(H,25,28). The van der Waals surface area contributed by atoms with Gasteiger partial charge in [-0.25, -0.2) is 0 Å². The van der Waals surface area contributed by atoms with Crippen molar-refractivity contribution < 1.29 is 4.79 Å². The van der Waals surface area contributed by atoms with Crippen molar-refractivity contribution >= 4 is 5.91 Å². The van der Waals surface area contributed by atoms with E-state index >= 15 is 0 Å². The van der Waals surface area contributed by atoms with Crippen LogP contribution in [0.25, 0.3) is 0 Å². The predicted molar refractivity (Wildman–Crippen MR) is 115 cm³/mol. The van der Waals surface area contributed by atoms with Gasteiger partial charge in [0.05, 0.1) is 5.92 Å². The molecule has 28 heavy (non-hydrogen) atoms. The fraction of sp³-hybridized carbons (Fsp3) is 0.458. The number of hydrogen-bond donors (Lipinski definition) is 1. The van der Waals surface area contributed by atoms with Gasteiger partial charge in [-0.3, -0.25) is 9.69 Å². The highest BCUT2D eigenvalue weighted by Gasteiger charge is 2.19. The first-order valence-corrected chi connectivity index (χ1v) is 10.5. The molecule has 0 radical (unpaired) electrons. The van der Waals surface area contributed by atoms with Gasteiger partial charge in [0.15, 0.2) is 0 Å². The van der Waals surface area contributed by atoms with Crippen molar-refractivity contribution in [2.75, 3.05) is 33.2 Å². The van der Waals surface area contributed by atoms with Gasteiger partial charge in [-0.05, 0) is 30.2 Å². The van der Waals surface area contributed by atoms with Gasteiger partial charge in [-0.15, -0.1) is 0 Å². The van der Waals surface area contributed by atoms with E-state index in [0.29, 0.717) is 6.54 Å². The fourth-order valence-electron chi connectivity index (χ4n) is 3.84. The second-order valence-corrected chi connectivity index (χ2v) is 7.87. The van der Waals surface area contributed by atoms with Crippen LogP contribution >= 0.6 is 0 Å². The quantitative estimate of drug-likeness (QED) is 0.761. The van der Waals surface area contributed by atoms with Crippen molar-refractivity contribution in [2.24, 2.45) is 0 Å². The molecule has 3 rings (SSSR count). The third-order valence-corrected chi connectivity index (χ3v) is 5.56. The third-order valence-electron chi connectivity index (χ3n) is 5.56. The van der Waals surface area contributed by atoms with Gasteiger partial charge >= 0.3 is 0 Å². The summed E-state index contributed by atoms with van der Waals surface area (Å²) in [4.78, 5) is 17.7. The second-order valence-electron chi connectivity index (χ2n) is 7.87. The van der Waals surface area contributed by atoms with E-state index < -0.39 is 0 Å². The summed E-state index contributed by atoms with van der Waals surface area (Å²) < 4.78 is 0. The Bertz CT molecular complexity index is 739. The molecule has 2 aromatic rings. The summed E-state index contributed by atoms with van der Waals surface area (Å²) in [6.45, 7) is 8.20. The topological polar surface area (TPSA) is 35.6 Å². The number of piperazine rings is 1. The van der Waals surface area contributed by atoms with Crippen molar-refractivity contribution in [3.8, 4) is 0 Å². The molecule has 1 aliphatic rings. The van der Waals surface area contributed by atoms with Crippen molar-refractivity contribution in [2.45, 2.75) is 38.8 Å². The smallest absolute Gasteiger partial charge is 0.227 e. The zero-order valence-corrected chi connectivity index (χ0v) is 17.2. The number of benzene rings is 2. The molecule has 1 unspecified atom stereocenters. The lowest BCUT2D eigenvalue weighted by Gasteiger charge is -2.32. The number of hydrogen-bond acceptors (Lipinski definition) is 3. The maximum Gasteiger partial charge on any atom is 0.227 e. The van der Waals surface area contributed by atoms with Crippen LogP contribution in [0, 0.1) is 0 Å². The SMILES string of the molecule is CCCC(C(=O)NCc1cccc(CN2CCN(C)CC2)c1)c1ccccc1. The molecule has 0 bridgehead atoms. The molecule has 0 spiro atoms. The van der Waals surface area contributed by atoms with E-state index in [0.717, 1.165) is 51.1 Å². The Hall–Kier alpha value is -2.17. The van der Waals surface area contributed by atoms with Gasteiger partial charge in [-0.2, -0.15) is 0 Å². The first kappa shape index (κ1) is 20.6. The largest absolute Gasteiger partial charge is 0.351 e. The molecule has 1 atom stereocenters.